The van der Waals surface area contributed by atoms with Crippen LogP contribution in [0.2, 0.25) is 0 Å². The summed E-state index contributed by atoms with van der Waals surface area (Å²) in [5.41, 5.74) is 0. The average molecular weight is 238 g/mol. The van der Waals surface area contributed by atoms with Crippen molar-refractivity contribution in [3.05, 3.63) is 0 Å². The number of nitrogens with zero attached hydrogens (tertiary/aromatic N) is 1. The summed E-state index contributed by atoms with van der Waals surface area (Å²) < 4.78 is 5.40. The molecule has 2 aliphatic heterocycles. The van der Waals surface area contributed by atoms with Crippen LogP contribution in [0.1, 0.15) is 38.5 Å². The van der Waals surface area contributed by atoms with Crippen LogP contribution in [0.3, 0.4) is 0 Å². The first-order chi connectivity index (χ1) is 8.36. The number of nitrogens with one attached hydrogen (secondary N) is 1. The minimum Gasteiger partial charge on any atom is -0.381 e. The highest BCUT2D eigenvalue weighted by Gasteiger charge is 2.40. The van der Waals surface area contributed by atoms with Gasteiger partial charge < -0.3 is 15.0 Å². The van der Waals surface area contributed by atoms with E-state index in [4.69, 9.17) is 4.74 Å². The van der Waals surface area contributed by atoms with Crippen LogP contribution < -0.4 is 5.32 Å². The molecule has 1 amide bonds. The third-order valence-corrected chi connectivity index (χ3v) is 4.14. The van der Waals surface area contributed by atoms with E-state index in [-0.39, 0.29) is 6.04 Å². The van der Waals surface area contributed by atoms with E-state index in [2.05, 4.69) is 10.2 Å². The number of amides is 1. The van der Waals surface area contributed by atoms with Gasteiger partial charge in [0, 0.05) is 25.3 Å². The Kier molecular flexibility index (Phi) is 3.34. The summed E-state index contributed by atoms with van der Waals surface area (Å²) in [6, 6.07) is 1.07. The second-order valence-corrected chi connectivity index (χ2v) is 5.47. The Labute approximate surface area is 103 Å². The number of rotatable bonds is 3. The van der Waals surface area contributed by atoms with E-state index in [1.807, 2.05) is 0 Å². The Morgan fingerprint density at radius 2 is 1.76 bits per heavy atom. The van der Waals surface area contributed by atoms with Crippen molar-refractivity contribution >= 4 is 5.91 Å². The predicted molar refractivity (Wildman–Crippen MR) is 64.7 cm³/mol. The molecule has 0 spiro atoms. The molecule has 1 N–H and O–H groups in total. The summed E-state index contributed by atoms with van der Waals surface area (Å²) in [7, 11) is 0. The molecule has 3 fully saturated rings. The molecule has 0 bridgehead atoms. The standard InChI is InChI=1S/C13H22N2O2/c16-13(12-2-1-7-14-12)15(10-3-4-10)11-5-8-17-9-6-11/h10-12,14H,1-9H2. The van der Waals surface area contributed by atoms with Gasteiger partial charge in [-0.2, -0.15) is 0 Å². The van der Waals surface area contributed by atoms with Crippen molar-refractivity contribution in [2.75, 3.05) is 19.8 Å². The molecule has 1 unspecified atom stereocenters. The maximum Gasteiger partial charge on any atom is 0.240 e. The van der Waals surface area contributed by atoms with Gasteiger partial charge in [0.15, 0.2) is 0 Å². The van der Waals surface area contributed by atoms with Crippen LogP contribution in [0, 0.1) is 0 Å². The minimum absolute atomic E-state index is 0.0958. The second-order valence-electron chi connectivity index (χ2n) is 5.47. The third kappa shape index (κ3) is 2.47. The topological polar surface area (TPSA) is 41.6 Å². The van der Waals surface area contributed by atoms with Crippen molar-refractivity contribution in [3.63, 3.8) is 0 Å². The molecule has 17 heavy (non-hydrogen) atoms. The van der Waals surface area contributed by atoms with E-state index in [0.29, 0.717) is 18.0 Å². The Hall–Kier alpha value is -0.610. The summed E-state index contributed by atoms with van der Waals surface area (Å²) >= 11 is 0. The lowest BCUT2D eigenvalue weighted by molar-refractivity contribution is -0.138. The average Bonchev–Trinajstić information content (AvgIpc) is 3.04. The van der Waals surface area contributed by atoms with Crippen molar-refractivity contribution in [2.45, 2.75) is 56.7 Å². The molecular formula is C13H22N2O2. The molecule has 0 aromatic carbocycles. The quantitative estimate of drug-likeness (QED) is 0.794. The van der Waals surface area contributed by atoms with Crippen molar-refractivity contribution in [3.8, 4) is 0 Å². The Balaban J connectivity index is 1.67. The van der Waals surface area contributed by atoms with Crippen molar-refractivity contribution in [2.24, 2.45) is 0 Å². The van der Waals surface area contributed by atoms with Gasteiger partial charge in [0.2, 0.25) is 5.91 Å². The van der Waals surface area contributed by atoms with Crippen molar-refractivity contribution in [1.29, 1.82) is 0 Å². The first kappa shape index (κ1) is 11.5. The van der Waals surface area contributed by atoms with Crippen LogP contribution in [0.4, 0.5) is 0 Å². The van der Waals surface area contributed by atoms with Crippen LogP contribution in [0.5, 0.6) is 0 Å². The number of ether oxygens (including phenoxy) is 1. The summed E-state index contributed by atoms with van der Waals surface area (Å²) in [4.78, 5) is 14.7. The molecular weight excluding hydrogens is 216 g/mol. The summed E-state index contributed by atoms with van der Waals surface area (Å²) in [6.45, 7) is 2.64. The molecule has 3 aliphatic rings. The maximum atomic E-state index is 12.5. The first-order valence-corrected chi connectivity index (χ1v) is 6.99. The molecule has 2 saturated heterocycles. The van der Waals surface area contributed by atoms with E-state index in [1.54, 1.807) is 0 Å². The van der Waals surface area contributed by atoms with E-state index in [0.717, 1.165) is 45.4 Å². The zero-order chi connectivity index (χ0) is 11.7. The lowest BCUT2D eigenvalue weighted by Gasteiger charge is -2.36. The predicted octanol–water partition coefficient (Wildman–Crippen LogP) is 0.908. The van der Waals surface area contributed by atoms with Gasteiger partial charge in [-0.25, -0.2) is 0 Å². The zero-order valence-electron chi connectivity index (χ0n) is 10.4. The van der Waals surface area contributed by atoms with E-state index >= 15 is 0 Å². The molecule has 4 nitrogen and oxygen atoms in total. The molecule has 0 radical (unpaired) electrons. The van der Waals surface area contributed by atoms with Gasteiger partial charge in [0.1, 0.15) is 0 Å². The highest BCUT2D eigenvalue weighted by atomic mass is 16.5. The molecule has 0 aromatic heterocycles. The van der Waals surface area contributed by atoms with Crippen LogP contribution in [-0.2, 0) is 9.53 Å². The van der Waals surface area contributed by atoms with Crippen LogP contribution in [0.15, 0.2) is 0 Å². The summed E-state index contributed by atoms with van der Waals surface area (Å²) in [5, 5.41) is 3.34. The SMILES string of the molecule is O=C(C1CCCN1)N(C1CCOCC1)C1CC1. The summed E-state index contributed by atoms with van der Waals surface area (Å²) in [5.74, 6) is 0.358. The molecule has 1 atom stereocenters. The highest BCUT2D eigenvalue weighted by molar-refractivity contribution is 5.83. The van der Waals surface area contributed by atoms with E-state index in [9.17, 15) is 4.79 Å². The van der Waals surface area contributed by atoms with Gasteiger partial charge in [0.05, 0.1) is 6.04 Å². The largest absolute Gasteiger partial charge is 0.381 e. The van der Waals surface area contributed by atoms with Gasteiger partial charge in [-0.1, -0.05) is 0 Å². The molecule has 1 saturated carbocycles. The van der Waals surface area contributed by atoms with Crippen LogP contribution in [0.25, 0.3) is 0 Å². The number of hydrogen-bond donors (Lipinski definition) is 1. The van der Waals surface area contributed by atoms with Gasteiger partial charge in [-0.3, -0.25) is 4.79 Å². The van der Waals surface area contributed by atoms with Gasteiger partial charge in [0.25, 0.3) is 0 Å². The number of carbonyl (C=O) groups is 1. The lowest BCUT2D eigenvalue weighted by Crippen LogP contribution is -2.51. The Morgan fingerprint density at radius 3 is 2.35 bits per heavy atom. The molecule has 2 heterocycles. The van der Waals surface area contributed by atoms with Crippen molar-refractivity contribution in [1.82, 2.24) is 10.2 Å². The third-order valence-electron chi connectivity index (χ3n) is 4.14. The molecule has 96 valence electrons. The zero-order valence-corrected chi connectivity index (χ0v) is 10.4. The lowest BCUT2D eigenvalue weighted by atomic mass is 10.0. The van der Waals surface area contributed by atoms with Gasteiger partial charge in [-0.15, -0.1) is 0 Å². The molecule has 4 heteroatoms. The summed E-state index contributed by atoms with van der Waals surface area (Å²) in [6.07, 6.45) is 6.61. The first-order valence-electron chi connectivity index (χ1n) is 6.99. The smallest absolute Gasteiger partial charge is 0.240 e. The molecule has 3 rings (SSSR count). The molecule has 1 aliphatic carbocycles. The Morgan fingerprint density at radius 1 is 1.06 bits per heavy atom. The fourth-order valence-electron chi connectivity index (χ4n) is 3.05. The highest BCUT2D eigenvalue weighted by Crippen LogP contribution is 2.32. The van der Waals surface area contributed by atoms with Crippen LogP contribution in [-0.4, -0.2) is 48.7 Å². The molecule has 0 aromatic rings. The van der Waals surface area contributed by atoms with E-state index < -0.39 is 0 Å². The van der Waals surface area contributed by atoms with E-state index in [1.165, 1.54) is 12.8 Å². The normalized spacial score (nSPS) is 30.5. The maximum absolute atomic E-state index is 12.5. The van der Waals surface area contributed by atoms with Crippen LogP contribution >= 0.6 is 0 Å². The number of hydrogen-bond acceptors (Lipinski definition) is 3. The fourth-order valence-corrected chi connectivity index (χ4v) is 3.05. The van der Waals surface area contributed by atoms with Gasteiger partial charge in [-0.05, 0) is 45.1 Å². The minimum atomic E-state index is 0.0958. The monoisotopic (exact) mass is 238 g/mol. The second kappa shape index (κ2) is 4.94. The Bertz CT molecular complexity index is 279. The van der Waals surface area contributed by atoms with Gasteiger partial charge >= 0.3 is 0 Å². The fraction of sp³-hybridized carbons (Fsp3) is 0.923. The number of carbonyl (C=O) groups excluding carboxylic acids is 1. The van der Waals surface area contributed by atoms with Crippen molar-refractivity contribution < 1.29 is 9.53 Å².